The van der Waals surface area contributed by atoms with Crippen LogP contribution < -0.4 is 4.90 Å². The summed E-state index contributed by atoms with van der Waals surface area (Å²) in [4.78, 5) is 2.31. The third kappa shape index (κ3) is 2.76. The summed E-state index contributed by atoms with van der Waals surface area (Å²) < 4.78 is 8.14. The van der Waals surface area contributed by atoms with E-state index in [4.69, 9.17) is 4.74 Å². The summed E-state index contributed by atoms with van der Waals surface area (Å²) >= 11 is 0. The van der Waals surface area contributed by atoms with Gasteiger partial charge in [0.25, 0.3) is 0 Å². The predicted octanol–water partition coefficient (Wildman–Crippen LogP) is 4.32. The van der Waals surface area contributed by atoms with Crippen LogP contribution in [-0.4, -0.2) is 17.7 Å². The molecule has 1 aliphatic heterocycles. The highest BCUT2D eigenvalue weighted by molar-refractivity contribution is 5.49. The van der Waals surface area contributed by atoms with Crippen LogP contribution in [0.3, 0.4) is 0 Å². The molecule has 23 heavy (non-hydrogen) atoms. The summed E-state index contributed by atoms with van der Waals surface area (Å²) in [7, 11) is 0. The molecule has 2 aromatic carbocycles. The van der Waals surface area contributed by atoms with Crippen LogP contribution in [-0.2, 0) is 4.74 Å². The van der Waals surface area contributed by atoms with Crippen molar-refractivity contribution in [3.63, 3.8) is 0 Å². The van der Waals surface area contributed by atoms with E-state index < -0.39 is 0 Å². The molecule has 2 heterocycles. The molecule has 4 rings (SSSR count). The van der Waals surface area contributed by atoms with E-state index in [-0.39, 0.29) is 6.23 Å². The summed E-state index contributed by atoms with van der Waals surface area (Å²) in [5.41, 5.74) is 4.84. The number of ether oxygens (including phenoxy) is 1. The van der Waals surface area contributed by atoms with Gasteiger partial charge in [0, 0.05) is 35.9 Å². The quantitative estimate of drug-likeness (QED) is 0.717. The number of benzene rings is 2. The number of para-hydroxylation sites is 1. The van der Waals surface area contributed by atoms with Gasteiger partial charge in [-0.25, -0.2) is 0 Å². The lowest BCUT2D eigenvalue weighted by Gasteiger charge is -2.24. The summed E-state index contributed by atoms with van der Waals surface area (Å²) in [5.74, 6) is 0. The maximum Gasteiger partial charge on any atom is 0.158 e. The van der Waals surface area contributed by atoms with Gasteiger partial charge in [0.15, 0.2) is 6.23 Å². The van der Waals surface area contributed by atoms with Crippen LogP contribution in [0.1, 0.15) is 17.4 Å². The van der Waals surface area contributed by atoms with E-state index in [9.17, 15) is 0 Å². The number of aryl methyl sites for hydroxylation is 1. The maximum atomic E-state index is 5.99. The van der Waals surface area contributed by atoms with Gasteiger partial charge < -0.3 is 14.2 Å². The van der Waals surface area contributed by atoms with E-state index in [1.807, 2.05) is 6.07 Å². The Morgan fingerprint density at radius 1 is 0.913 bits per heavy atom. The van der Waals surface area contributed by atoms with Crippen LogP contribution in [0.5, 0.6) is 0 Å². The Balaban J connectivity index is 1.62. The fraction of sp³-hybridized carbons (Fsp3) is 0.200. The van der Waals surface area contributed by atoms with E-state index in [1.54, 1.807) is 0 Å². The number of nitrogens with zero attached hydrogens (tertiary/aromatic N) is 2. The van der Waals surface area contributed by atoms with Crippen molar-refractivity contribution in [1.82, 2.24) is 4.57 Å². The van der Waals surface area contributed by atoms with Gasteiger partial charge in [-0.3, -0.25) is 0 Å². The first kappa shape index (κ1) is 14.1. The molecule has 1 aromatic heterocycles. The molecule has 0 spiro atoms. The van der Waals surface area contributed by atoms with Crippen molar-refractivity contribution < 1.29 is 4.74 Å². The molecule has 1 aliphatic rings. The molecule has 0 radical (unpaired) electrons. The minimum Gasteiger partial charge on any atom is -0.352 e. The molecule has 116 valence electrons. The third-order valence-electron chi connectivity index (χ3n) is 4.31. The van der Waals surface area contributed by atoms with E-state index in [1.165, 1.54) is 22.5 Å². The Morgan fingerprint density at radius 2 is 1.70 bits per heavy atom. The lowest BCUT2D eigenvalue weighted by Crippen LogP contribution is -2.22. The van der Waals surface area contributed by atoms with Crippen LogP contribution in [0.25, 0.3) is 5.69 Å². The third-order valence-corrected chi connectivity index (χ3v) is 4.31. The Hall–Kier alpha value is -2.52. The van der Waals surface area contributed by atoms with Crippen molar-refractivity contribution in [2.45, 2.75) is 13.2 Å². The largest absolute Gasteiger partial charge is 0.352 e. The highest BCUT2D eigenvalue weighted by Gasteiger charge is 2.27. The zero-order valence-electron chi connectivity index (χ0n) is 13.2. The number of rotatable bonds is 3. The Morgan fingerprint density at radius 3 is 2.48 bits per heavy atom. The Labute approximate surface area is 136 Å². The minimum atomic E-state index is -0.0101. The minimum absolute atomic E-state index is 0.0101. The second kappa shape index (κ2) is 5.94. The van der Waals surface area contributed by atoms with Crippen LogP contribution in [0.4, 0.5) is 5.69 Å². The first-order chi connectivity index (χ1) is 11.3. The Kier molecular flexibility index (Phi) is 3.64. The van der Waals surface area contributed by atoms with Crippen molar-refractivity contribution in [2.24, 2.45) is 0 Å². The average Bonchev–Trinajstić information content (AvgIpc) is 3.25. The van der Waals surface area contributed by atoms with E-state index in [0.717, 1.165) is 13.2 Å². The second-order valence-corrected chi connectivity index (χ2v) is 5.94. The van der Waals surface area contributed by atoms with Gasteiger partial charge in [-0.15, -0.1) is 0 Å². The fourth-order valence-electron chi connectivity index (χ4n) is 3.07. The fourth-order valence-corrected chi connectivity index (χ4v) is 3.07. The summed E-state index contributed by atoms with van der Waals surface area (Å²) in [6.07, 6.45) is 4.26. The highest BCUT2D eigenvalue weighted by Crippen LogP contribution is 2.32. The van der Waals surface area contributed by atoms with Crippen molar-refractivity contribution in [2.75, 3.05) is 18.1 Å². The van der Waals surface area contributed by atoms with Gasteiger partial charge in [-0.05, 0) is 37.3 Å². The number of aromatic nitrogens is 1. The van der Waals surface area contributed by atoms with Crippen molar-refractivity contribution in [1.29, 1.82) is 0 Å². The molecule has 1 atom stereocenters. The molecule has 1 saturated heterocycles. The summed E-state index contributed by atoms with van der Waals surface area (Å²) in [6, 6.07) is 21.2. The van der Waals surface area contributed by atoms with Gasteiger partial charge in [0.05, 0.1) is 6.61 Å². The zero-order chi connectivity index (χ0) is 15.6. The lowest BCUT2D eigenvalue weighted by molar-refractivity contribution is 0.114. The normalized spacial score (nSPS) is 17.6. The smallest absolute Gasteiger partial charge is 0.158 e. The Bertz CT molecular complexity index is 777. The van der Waals surface area contributed by atoms with Crippen molar-refractivity contribution in [3.05, 3.63) is 84.2 Å². The number of hydrogen-bond acceptors (Lipinski definition) is 2. The first-order valence-electron chi connectivity index (χ1n) is 7.99. The molecule has 1 unspecified atom stereocenters. The maximum absolute atomic E-state index is 5.99. The number of anilines is 1. The molecule has 3 heteroatoms. The first-order valence-corrected chi connectivity index (χ1v) is 7.99. The van der Waals surface area contributed by atoms with Crippen LogP contribution in [0.2, 0.25) is 0 Å². The van der Waals surface area contributed by atoms with Crippen LogP contribution in [0, 0.1) is 6.92 Å². The monoisotopic (exact) mass is 304 g/mol. The second-order valence-electron chi connectivity index (χ2n) is 5.94. The van der Waals surface area contributed by atoms with Crippen LogP contribution in [0.15, 0.2) is 73.1 Å². The molecule has 0 N–H and O–H groups in total. The SMILES string of the molecule is Cc1ccc(-n2ccc(C3OCCN3c3ccccc3)c2)cc1. The topological polar surface area (TPSA) is 17.4 Å². The van der Waals surface area contributed by atoms with Gasteiger partial charge >= 0.3 is 0 Å². The summed E-state index contributed by atoms with van der Waals surface area (Å²) in [6.45, 7) is 3.79. The van der Waals surface area contributed by atoms with E-state index in [0.29, 0.717) is 0 Å². The molecular weight excluding hydrogens is 284 g/mol. The van der Waals surface area contributed by atoms with Crippen molar-refractivity contribution >= 4 is 5.69 Å². The lowest BCUT2D eigenvalue weighted by atomic mass is 10.2. The highest BCUT2D eigenvalue weighted by atomic mass is 16.5. The molecule has 1 fully saturated rings. The van der Waals surface area contributed by atoms with Crippen molar-refractivity contribution in [3.8, 4) is 5.69 Å². The molecule has 3 nitrogen and oxygen atoms in total. The van der Waals surface area contributed by atoms with Gasteiger partial charge in [0.1, 0.15) is 0 Å². The predicted molar refractivity (Wildman–Crippen MR) is 93.0 cm³/mol. The van der Waals surface area contributed by atoms with Gasteiger partial charge in [-0.1, -0.05) is 35.9 Å². The number of hydrogen-bond donors (Lipinski definition) is 0. The zero-order valence-corrected chi connectivity index (χ0v) is 13.2. The van der Waals surface area contributed by atoms with Gasteiger partial charge in [-0.2, -0.15) is 0 Å². The van der Waals surface area contributed by atoms with Crippen LogP contribution >= 0.6 is 0 Å². The molecule has 0 saturated carbocycles. The molecule has 0 amide bonds. The standard InChI is InChI=1S/C20H20N2O/c1-16-7-9-18(10-8-16)21-12-11-17(15-21)20-22(13-14-23-20)19-5-3-2-4-6-19/h2-12,15,20H,13-14H2,1H3. The molecular formula is C20H20N2O. The average molecular weight is 304 g/mol. The molecule has 0 aliphatic carbocycles. The van der Waals surface area contributed by atoms with Gasteiger partial charge in [0.2, 0.25) is 0 Å². The van der Waals surface area contributed by atoms with E-state index in [2.05, 4.69) is 83.4 Å². The molecule has 3 aromatic rings. The summed E-state index contributed by atoms with van der Waals surface area (Å²) in [5, 5.41) is 0. The van der Waals surface area contributed by atoms with E-state index >= 15 is 0 Å². The molecule has 0 bridgehead atoms.